The van der Waals surface area contributed by atoms with Crippen LogP contribution in [-0.2, 0) is 4.79 Å². The number of carbonyl (C=O) groups is 1. The maximum atomic E-state index is 11.4. The Bertz CT molecular complexity index is 564. The summed E-state index contributed by atoms with van der Waals surface area (Å²) in [5, 5.41) is 11.2. The van der Waals surface area contributed by atoms with Crippen LogP contribution in [0.25, 0.3) is 0 Å². The van der Waals surface area contributed by atoms with Crippen molar-refractivity contribution in [3.63, 3.8) is 0 Å². The minimum Gasteiger partial charge on any atom is -0.369 e. The molecular formula is C10H15N7O3. The molecule has 0 saturated carbocycles. The zero-order valence-corrected chi connectivity index (χ0v) is 10.9. The Morgan fingerprint density at radius 2 is 2.30 bits per heavy atom. The first-order valence-corrected chi connectivity index (χ1v) is 5.90. The Morgan fingerprint density at radius 1 is 1.60 bits per heavy atom. The fourth-order valence-electron chi connectivity index (χ4n) is 2.22. The van der Waals surface area contributed by atoms with Crippen LogP contribution in [0.2, 0.25) is 0 Å². The van der Waals surface area contributed by atoms with Gasteiger partial charge in [0, 0.05) is 13.1 Å². The number of hydrogen-bond acceptors (Lipinski definition) is 8. The Balaban J connectivity index is 2.40. The number of hydrazine groups is 1. The monoisotopic (exact) mass is 281 g/mol. The molecule has 0 aliphatic carbocycles. The van der Waals surface area contributed by atoms with Gasteiger partial charge < -0.3 is 16.1 Å². The molecule has 0 bridgehead atoms. The summed E-state index contributed by atoms with van der Waals surface area (Å²) in [6.07, 6.45) is 1.69. The molecule has 10 heteroatoms. The number of nitrogens with zero attached hydrogens (tertiary/aromatic N) is 4. The number of carbonyl (C=O) groups excluding carboxylic acids is 1. The highest BCUT2D eigenvalue weighted by Gasteiger charge is 2.41. The molecule has 20 heavy (non-hydrogen) atoms. The second kappa shape index (κ2) is 4.89. The third kappa shape index (κ3) is 2.20. The Labute approximate surface area is 114 Å². The van der Waals surface area contributed by atoms with Crippen LogP contribution >= 0.6 is 0 Å². The van der Waals surface area contributed by atoms with Gasteiger partial charge >= 0.3 is 5.69 Å². The largest absolute Gasteiger partial charge is 0.369 e. The topological polar surface area (TPSA) is 153 Å². The fourth-order valence-corrected chi connectivity index (χ4v) is 2.22. The van der Waals surface area contributed by atoms with E-state index in [-0.39, 0.29) is 23.9 Å². The molecule has 1 aliphatic heterocycles. The summed E-state index contributed by atoms with van der Waals surface area (Å²) < 4.78 is 0. The van der Waals surface area contributed by atoms with E-state index < -0.39 is 16.2 Å². The molecule has 1 saturated heterocycles. The first-order valence-electron chi connectivity index (χ1n) is 5.90. The van der Waals surface area contributed by atoms with Gasteiger partial charge in [-0.15, -0.1) is 0 Å². The molecule has 0 radical (unpaired) electrons. The van der Waals surface area contributed by atoms with Crippen LogP contribution in [0.15, 0.2) is 6.33 Å². The Kier molecular flexibility index (Phi) is 3.40. The van der Waals surface area contributed by atoms with Gasteiger partial charge in [-0.05, 0) is 13.3 Å². The first-order chi connectivity index (χ1) is 9.39. The molecule has 1 aromatic rings. The van der Waals surface area contributed by atoms with E-state index in [0.717, 1.165) is 0 Å². The van der Waals surface area contributed by atoms with Crippen LogP contribution in [0.1, 0.15) is 13.3 Å². The maximum Gasteiger partial charge on any atom is 0.354 e. The van der Waals surface area contributed by atoms with E-state index in [9.17, 15) is 14.9 Å². The highest BCUT2D eigenvalue weighted by molar-refractivity contribution is 5.82. The van der Waals surface area contributed by atoms with Gasteiger partial charge in [-0.1, -0.05) is 0 Å². The predicted molar refractivity (Wildman–Crippen MR) is 70.6 cm³/mol. The van der Waals surface area contributed by atoms with Crippen molar-refractivity contribution in [3.05, 3.63) is 16.4 Å². The van der Waals surface area contributed by atoms with E-state index in [1.54, 1.807) is 11.8 Å². The summed E-state index contributed by atoms with van der Waals surface area (Å²) in [5.41, 5.74) is 6.49. The smallest absolute Gasteiger partial charge is 0.354 e. The lowest BCUT2D eigenvalue weighted by molar-refractivity contribution is -0.383. The molecule has 10 nitrogen and oxygen atoms in total. The van der Waals surface area contributed by atoms with Crippen LogP contribution in [0.4, 0.5) is 17.3 Å². The lowest BCUT2D eigenvalue weighted by Gasteiger charge is -2.21. The number of nitrogen functional groups attached to an aromatic ring is 1. The molecule has 1 fully saturated rings. The van der Waals surface area contributed by atoms with Gasteiger partial charge in [0.15, 0.2) is 0 Å². The van der Waals surface area contributed by atoms with Crippen molar-refractivity contribution < 1.29 is 9.72 Å². The van der Waals surface area contributed by atoms with Gasteiger partial charge in [0.1, 0.15) is 6.33 Å². The zero-order valence-electron chi connectivity index (χ0n) is 10.9. The predicted octanol–water partition coefficient (Wildman–Crippen LogP) is -0.628. The average Bonchev–Trinajstić information content (AvgIpc) is 2.81. The molecule has 0 spiro atoms. The van der Waals surface area contributed by atoms with E-state index in [0.29, 0.717) is 13.0 Å². The third-order valence-electron chi connectivity index (χ3n) is 3.49. The third-order valence-corrected chi connectivity index (χ3v) is 3.49. The molecule has 5 N–H and O–H groups in total. The number of nitrogens with one attached hydrogen (secondary N) is 1. The lowest BCUT2D eigenvalue weighted by Crippen LogP contribution is -2.37. The van der Waals surface area contributed by atoms with Gasteiger partial charge in [0.2, 0.25) is 17.5 Å². The first kappa shape index (κ1) is 13.9. The number of nitrogens with two attached hydrogens (primary N) is 2. The van der Waals surface area contributed by atoms with Crippen molar-refractivity contribution in [2.75, 3.05) is 23.4 Å². The van der Waals surface area contributed by atoms with Crippen molar-refractivity contribution >= 4 is 23.2 Å². The average molecular weight is 281 g/mol. The summed E-state index contributed by atoms with van der Waals surface area (Å²) in [5.74, 6) is 4.84. The summed E-state index contributed by atoms with van der Waals surface area (Å²) >= 11 is 0. The van der Waals surface area contributed by atoms with Crippen LogP contribution in [0.3, 0.4) is 0 Å². The summed E-state index contributed by atoms with van der Waals surface area (Å²) in [4.78, 5) is 31.3. The SMILES string of the molecule is CC1(C(N)=O)CCN(c2ncnc(NN)c2[N+](=O)[O-])C1. The van der Waals surface area contributed by atoms with Gasteiger partial charge in [0.05, 0.1) is 10.3 Å². The number of rotatable bonds is 4. The van der Waals surface area contributed by atoms with Crippen molar-refractivity contribution in [3.8, 4) is 0 Å². The molecule has 108 valence electrons. The molecule has 2 rings (SSSR count). The van der Waals surface area contributed by atoms with E-state index in [2.05, 4.69) is 15.4 Å². The van der Waals surface area contributed by atoms with Gasteiger partial charge in [0.25, 0.3) is 0 Å². The van der Waals surface area contributed by atoms with E-state index in [1.807, 2.05) is 0 Å². The molecular weight excluding hydrogens is 266 g/mol. The fraction of sp³-hybridized carbons (Fsp3) is 0.500. The number of aromatic nitrogens is 2. The lowest BCUT2D eigenvalue weighted by atomic mass is 9.89. The highest BCUT2D eigenvalue weighted by atomic mass is 16.6. The minimum atomic E-state index is -0.727. The van der Waals surface area contributed by atoms with Gasteiger partial charge in [-0.3, -0.25) is 14.9 Å². The minimum absolute atomic E-state index is 0.0762. The molecule has 1 atom stereocenters. The number of amides is 1. The van der Waals surface area contributed by atoms with Crippen molar-refractivity contribution in [1.29, 1.82) is 0 Å². The molecule has 1 aliphatic rings. The summed E-state index contributed by atoms with van der Waals surface area (Å²) in [7, 11) is 0. The summed E-state index contributed by atoms with van der Waals surface area (Å²) in [6, 6.07) is 0. The zero-order chi connectivity index (χ0) is 14.9. The van der Waals surface area contributed by atoms with Crippen molar-refractivity contribution in [2.45, 2.75) is 13.3 Å². The quantitative estimate of drug-likeness (QED) is 0.374. The summed E-state index contributed by atoms with van der Waals surface area (Å²) in [6.45, 7) is 2.44. The number of anilines is 2. The molecule has 1 aromatic heterocycles. The highest BCUT2D eigenvalue weighted by Crippen LogP contribution is 2.37. The number of hydrogen-bond donors (Lipinski definition) is 3. The van der Waals surface area contributed by atoms with Crippen LogP contribution in [0.5, 0.6) is 0 Å². The standard InChI is InChI=1S/C10H15N7O3/c1-10(9(11)18)2-3-16(4-10)8-6(17(19)20)7(15-12)13-5-14-8/h5H,2-4,12H2,1H3,(H2,11,18)(H,13,14,15). The van der Waals surface area contributed by atoms with E-state index in [1.165, 1.54) is 6.33 Å². The molecule has 1 amide bonds. The van der Waals surface area contributed by atoms with Crippen molar-refractivity contribution in [2.24, 2.45) is 17.0 Å². The number of nitro groups is 1. The van der Waals surface area contributed by atoms with E-state index in [4.69, 9.17) is 11.6 Å². The normalized spacial score (nSPS) is 21.8. The molecule has 1 unspecified atom stereocenters. The van der Waals surface area contributed by atoms with Crippen LogP contribution in [-0.4, -0.2) is 33.9 Å². The Hall–Kier alpha value is -2.49. The second-order valence-electron chi connectivity index (χ2n) is 4.89. The van der Waals surface area contributed by atoms with Gasteiger partial charge in [-0.25, -0.2) is 15.8 Å². The van der Waals surface area contributed by atoms with Crippen LogP contribution < -0.4 is 21.9 Å². The van der Waals surface area contributed by atoms with Crippen LogP contribution in [0, 0.1) is 15.5 Å². The second-order valence-corrected chi connectivity index (χ2v) is 4.89. The molecule has 0 aromatic carbocycles. The number of primary amides is 1. The molecule has 2 heterocycles. The maximum absolute atomic E-state index is 11.4. The van der Waals surface area contributed by atoms with E-state index >= 15 is 0 Å². The van der Waals surface area contributed by atoms with Crippen molar-refractivity contribution in [1.82, 2.24) is 9.97 Å². The Morgan fingerprint density at radius 3 is 2.80 bits per heavy atom. The van der Waals surface area contributed by atoms with Gasteiger partial charge in [-0.2, -0.15) is 0 Å².